The summed E-state index contributed by atoms with van der Waals surface area (Å²) < 4.78 is 2.28. The second-order valence-electron chi connectivity index (χ2n) is 12.3. The average Bonchev–Trinajstić information content (AvgIpc) is 3.54. The Labute approximate surface area is 275 Å². The molecule has 2 aliphatic rings. The zero-order chi connectivity index (χ0) is 31.2. The van der Waals surface area contributed by atoms with Crippen LogP contribution < -0.4 is 0 Å². The SMILES string of the molecule is C1=CC2=C(c3ccc(-n4c(-c5ccccc5)nc5ccccc54)cc3)c3ccccc3C(c3ccc(-c4ccccc4)cc3)C2C=C1. The lowest BCUT2D eigenvalue weighted by Gasteiger charge is -2.37. The summed E-state index contributed by atoms with van der Waals surface area (Å²) >= 11 is 0. The van der Waals surface area contributed by atoms with Gasteiger partial charge in [-0.05, 0) is 68.8 Å². The van der Waals surface area contributed by atoms with Gasteiger partial charge in [0.2, 0.25) is 0 Å². The lowest BCUT2D eigenvalue weighted by atomic mass is 9.66. The Morgan fingerprint density at radius 3 is 1.94 bits per heavy atom. The topological polar surface area (TPSA) is 17.8 Å². The van der Waals surface area contributed by atoms with Crippen molar-refractivity contribution in [2.24, 2.45) is 5.92 Å². The maximum absolute atomic E-state index is 5.05. The number of allylic oxidation sites excluding steroid dienone is 5. The van der Waals surface area contributed by atoms with Crippen LogP contribution in [-0.4, -0.2) is 9.55 Å². The number of para-hydroxylation sites is 2. The zero-order valence-electron chi connectivity index (χ0n) is 25.9. The molecule has 0 fully saturated rings. The molecule has 0 N–H and O–H groups in total. The van der Waals surface area contributed by atoms with E-state index < -0.39 is 0 Å². The Morgan fingerprint density at radius 2 is 1.15 bits per heavy atom. The maximum atomic E-state index is 5.05. The van der Waals surface area contributed by atoms with Gasteiger partial charge in [-0.3, -0.25) is 4.57 Å². The maximum Gasteiger partial charge on any atom is 0.145 e. The monoisotopic (exact) mass is 600 g/mol. The minimum absolute atomic E-state index is 0.237. The minimum Gasteiger partial charge on any atom is -0.292 e. The van der Waals surface area contributed by atoms with Crippen LogP contribution in [0.25, 0.3) is 44.8 Å². The van der Waals surface area contributed by atoms with E-state index in [4.69, 9.17) is 4.98 Å². The molecule has 0 bridgehead atoms. The molecule has 9 rings (SSSR count). The van der Waals surface area contributed by atoms with Gasteiger partial charge in [0.15, 0.2) is 0 Å². The molecular weight excluding hydrogens is 569 g/mol. The number of aromatic nitrogens is 2. The van der Waals surface area contributed by atoms with Crippen molar-refractivity contribution in [1.29, 1.82) is 0 Å². The third-order valence-electron chi connectivity index (χ3n) is 9.66. The fraction of sp³-hybridized carbons (Fsp3) is 0.0444. The van der Waals surface area contributed by atoms with Crippen molar-refractivity contribution in [2.45, 2.75) is 5.92 Å². The van der Waals surface area contributed by atoms with E-state index in [1.54, 1.807) is 0 Å². The summed E-state index contributed by atoms with van der Waals surface area (Å²) in [6.07, 6.45) is 9.11. The van der Waals surface area contributed by atoms with Crippen molar-refractivity contribution < 1.29 is 0 Å². The molecule has 1 heterocycles. The van der Waals surface area contributed by atoms with Crippen molar-refractivity contribution in [2.75, 3.05) is 0 Å². The number of benzene rings is 6. The van der Waals surface area contributed by atoms with Crippen LogP contribution in [0, 0.1) is 5.92 Å². The Hall–Kier alpha value is -5.99. The molecule has 0 radical (unpaired) electrons. The first kappa shape index (κ1) is 27.3. The largest absolute Gasteiger partial charge is 0.292 e. The molecule has 2 aliphatic carbocycles. The molecule has 0 amide bonds. The molecule has 1 aromatic heterocycles. The van der Waals surface area contributed by atoms with Crippen LogP contribution in [0.3, 0.4) is 0 Å². The van der Waals surface area contributed by atoms with Crippen LogP contribution in [0.15, 0.2) is 188 Å². The molecule has 7 aromatic rings. The number of imidazole rings is 1. The van der Waals surface area contributed by atoms with Crippen LogP contribution in [0.4, 0.5) is 0 Å². The van der Waals surface area contributed by atoms with E-state index in [1.807, 2.05) is 0 Å². The zero-order valence-corrected chi connectivity index (χ0v) is 25.9. The van der Waals surface area contributed by atoms with Gasteiger partial charge in [-0.2, -0.15) is 0 Å². The summed E-state index contributed by atoms with van der Waals surface area (Å²) in [5, 5.41) is 0. The van der Waals surface area contributed by atoms with Crippen LogP contribution in [0.2, 0.25) is 0 Å². The summed E-state index contributed by atoms with van der Waals surface area (Å²) in [6, 6.07) is 56.7. The summed E-state index contributed by atoms with van der Waals surface area (Å²) in [4.78, 5) is 5.05. The second-order valence-corrected chi connectivity index (χ2v) is 12.3. The van der Waals surface area contributed by atoms with Gasteiger partial charge in [0, 0.05) is 23.1 Å². The minimum atomic E-state index is 0.237. The van der Waals surface area contributed by atoms with Gasteiger partial charge in [-0.1, -0.05) is 158 Å². The highest BCUT2D eigenvalue weighted by Gasteiger charge is 2.35. The van der Waals surface area contributed by atoms with Gasteiger partial charge >= 0.3 is 0 Å². The molecule has 2 unspecified atom stereocenters. The van der Waals surface area contributed by atoms with Crippen molar-refractivity contribution in [3.05, 3.63) is 210 Å². The normalized spacial score (nSPS) is 16.7. The van der Waals surface area contributed by atoms with Gasteiger partial charge in [0.25, 0.3) is 0 Å². The predicted molar refractivity (Wildman–Crippen MR) is 194 cm³/mol. The number of rotatable bonds is 5. The summed E-state index contributed by atoms with van der Waals surface area (Å²) in [5.41, 5.74) is 14.7. The van der Waals surface area contributed by atoms with Crippen LogP contribution in [0.1, 0.15) is 28.2 Å². The first-order chi connectivity index (χ1) is 23.3. The first-order valence-corrected chi connectivity index (χ1v) is 16.3. The van der Waals surface area contributed by atoms with Crippen LogP contribution >= 0.6 is 0 Å². The standard InChI is InChI=1S/C45H32N2/c1-3-13-31(14-4-1)32-23-25-33(26-24-32)43-37-17-7-9-19-39(37)44(40-20-10-8-18-38(40)43)34-27-29-36(30-28-34)47-42-22-12-11-21-41(42)46-45(47)35-15-5-2-6-16-35/h1-30,37,43H. The number of nitrogens with zero attached hydrogens (tertiary/aromatic N) is 2. The first-order valence-electron chi connectivity index (χ1n) is 16.3. The fourth-order valence-corrected chi connectivity index (χ4v) is 7.51. The van der Waals surface area contributed by atoms with E-state index in [-0.39, 0.29) is 11.8 Å². The van der Waals surface area contributed by atoms with E-state index in [1.165, 1.54) is 44.5 Å². The molecule has 0 aliphatic heterocycles. The molecule has 47 heavy (non-hydrogen) atoms. The predicted octanol–water partition coefficient (Wildman–Crippen LogP) is 11.0. The highest BCUT2D eigenvalue weighted by Crippen LogP contribution is 2.50. The Bertz CT molecular complexity index is 2320. The van der Waals surface area contributed by atoms with Crippen molar-refractivity contribution in [3.8, 4) is 28.2 Å². The average molecular weight is 601 g/mol. The highest BCUT2D eigenvalue weighted by atomic mass is 15.1. The van der Waals surface area contributed by atoms with Crippen LogP contribution in [-0.2, 0) is 0 Å². The Balaban J connectivity index is 1.15. The quantitative estimate of drug-likeness (QED) is 0.192. The highest BCUT2D eigenvalue weighted by molar-refractivity contribution is 5.89. The molecule has 0 saturated heterocycles. The Morgan fingerprint density at radius 1 is 0.511 bits per heavy atom. The van der Waals surface area contributed by atoms with E-state index in [0.29, 0.717) is 0 Å². The van der Waals surface area contributed by atoms with Gasteiger partial charge in [-0.15, -0.1) is 0 Å². The number of fused-ring (bicyclic) bond motifs is 3. The van der Waals surface area contributed by atoms with E-state index in [9.17, 15) is 0 Å². The lowest BCUT2D eigenvalue weighted by molar-refractivity contribution is 0.649. The van der Waals surface area contributed by atoms with E-state index in [2.05, 4.69) is 187 Å². The molecule has 2 heteroatoms. The fourth-order valence-electron chi connectivity index (χ4n) is 7.51. The summed E-state index contributed by atoms with van der Waals surface area (Å²) in [7, 11) is 0. The smallest absolute Gasteiger partial charge is 0.145 e. The van der Waals surface area contributed by atoms with E-state index >= 15 is 0 Å². The van der Waals surface area contributed by atoms with Crippen LogP contribution in [0.5, 0.6) is 0 Å². The molecule has 6 aromatic carbocycles. The molecule has 222 valence electrons. The van der Waals surface area contributed by atoms with Crippen molar-refractivity contribution in [3.63, 3.8) is 0 Å². The number of hydrogen-bond acceptors (Lipinski definition) is 1. The van der Waals surface area contributed by atoms with E-state index in [0.717, 1.165) is 28.1 Å². The van der Waals surface area contributed by atoms with Crippen molar-refractivity contribution >= 4 is 16.6 Å². The van der Waals surface area contributed by atoms with Gasteiger partial charge in [0.05, 0.1) is 11.0 Å². The Kier molecular flexibility index (Phi) is 6.64. The third kappa shape index (κ3) is 4.69. The molecule has 2 nitrogen and oxygen atoms in total. The summed E-state index contributed by atoms with van der Waals surface area (Å²) in [5.74, 6) is 1.43. The van der Waals surface area contributed by atoms with Gasteiger partial charge in [0.1, 0.15) is 5.82 Å². The van der Waals surface area contributed by atoms with Gasteiger partial charge < -0.3 is 0 Å². The summed E-state index contributed by atoms with van der Waals surface area (Å²) in [6.45, 7) is 0. The van der Waals surface area contributed by atoms with Gasteiger partial charge in [-0.25, -0.2) is 4.98 Å². The molecular formula is C45H32N2. The lowest BCUT2D eigenvalue weighted by Crippen LogP contribution is -2.22. The molecule has 0 spiro atoms. The molecule has 2 atom stereocenters. The molecule has 0 saturated carbocycles. The third-order valence-corrected chi connectivity index (χ3v) is 9.66. The number of hydrogen-bond donors (Lipinski definition) is 0. The van der Waals surface area contributed by atoms with Crippen molar-refractivity contribution in [1.82, 2.24) is 9.55 Å². The second kappa shape index (κ2) is 11.4.